The van der Waals surface area contributed by atoms with Crippen molar-refractivity contribution < 1.29 is 9.59 Å². The van der Waals surface area contributed by atoms with E-state index in [0.717, 1.165) is 0 Å². The quantitative estimate of drug-likeness (QED) is 0.491. The Balaban J connectivity index is 1.74. The van der Waals surface area contributed by atoms with Gasteiger partial charge in [-0.15, -0.1) is 0 Å². The van der Waals surface area contributed by atoms with Crippen LogP contribution in [0, 0.1) is 16.7 Å². The van der Waals surface area contributed by atoms with Gasteiger partial charge in [-0.25, -0.2) is 0 Å². The lowest BCUT2D eigenvalue weighted by Crippen LogP contribution is -2.40. The fraction of sp³-hybridized carbons (Fsp3) is 0.318. The van der Waals surface area contributed by atoms with Gasteiger partial charge in [0.1, 0.15) is 17.5 Å². The monoisotopic (exact) mass is 419 g/mol. The molecule has 1 aromatic heterocycles. The number of fused-ring (bicyclic) bond motifs is 1. The molecule has 31 heavy (non-hydrogen) atoms. The number of nitrogens with one attached hydrogen (secondary N) is 3. The third kappa shape index (κ3) is 4.80. The summed E-state index contributed by atoms with van der Waals surface area (Å²) < 4.78 is 0. The maximum atomic E-state index is 12.7. The summed E-state index contributed by atoms with van der Waals surface area (Å²) in [5.74, 6) is 0.278. The van der Waals surface area contributed by atoms with Gasteiger partial charge in [0.15, 0.2) is 11.9 Å². The number of likely N-dealkylation sites (N-methyl/N-ethyl adjacent to an activating group) is 1. The molecule has 0 spiro atoms. The molecule has 2 aliphatic rings. The van der Waals surface area contributed by atoms with Gasteiger partial charge in [-0.05, 0) is 18.2 Å². The van der Waals surface area contributed by atoms with Crippen molar-refractivity contribution in [2.24, 2.45) is 10.4 Å². The number of rotatable bonds is 5. The van der Waals surface area contributed by atoms with Crippen LogP contribution in [0.5, 0.6) is 0 Å². The van der Waals surface area contributed by atoms with E-state index < -0.39 is 5.41 Å². The minimum Gasteiger partial charge on any atom is -0.362 e. The molecule has 1 aromatic rings. The Morgan fingerprint density at radius 2 is 2.03 bits per heavy atom. The number of aromatic nitrogens is 1. The van der Waals surface area contributed by atoms with E-state index >= 15 is 0 Å². The second-order valence-corrected chi connectivity index (χ2v) is 8.40. The predicted octanol–water partition coefficient (Wildman–Crippen LogP) is 1.76. The van der Waals surface area contributed by atoms with Crippen LogP contribution in [-0.4, -0.2) is 48.1 Å². The standard InChI is InChI=1S/C22H25N7O2/c1-22(2,3)19(30)16-11-25-20-18(16)28-17(12-26-20)27-15-7-6-14(24-10-15)8-13(9-23)21(31)29(4)5/h6-8,10-12,20,26-28H,1-5H3/b13-8-. The van der Waals surface area contributed by atoms with Crippen molar-refractivity contribution in [1.82, 2.24) is 20.5 Å². The third-order valence-electron chi connectivity index (χ3n) is 4.61. The first-order valence-corrected chi connectivity index (χ1v) is 9.72. The Morgan fingerprint density at radius 1 is 1.29 bits per heavy atom. The SMILES string of the molecule is CN(C)C(=O)/C(C#N)=C\c1ccc(NC2=CNC3N=CC(C(=O)C(C)(C)C)=C3N2)cn1. The van der Waals surface area contributed by atoms with Gasteiger partial charge >= 0.3 is 0 Å². The fourth-order valence-corrected chi connectivity index (χ4v) is 2.95. The van der Waals surface area contributed by atoms with Crippen LogP contribution in [0.15, 0.2) is 52.2 Å². The van der Waals surface area contributed by atoms with E-state index in [1.807, 2.05) is 26.8 Å². The highest BCUT2D eigenvalue weighted by atomic mass is 16.2. The first kappa shape index (κ1) is 21.8. The van der Waals surface area contributed by atoms with E-state index in [0.29, 0.717) is 28.5 Å². The number of amides is 1. The smallest absolute Gasteiger partial charge is 0.264 e. The molecular weight excluding hydrogens is 394 g/mol. The zero-order valence-electron chi connectivity index (χ0n) is 18.1. The van der Waals surface area contributed by atoms with Gasteiger partial charge in [-0.2, -0.15) is 5.26 Å². The van der Waals surface area contributed by atoms with Crippen molar-refractivity contribution in [2.45, 2.75) is 26.9 Å². The van der Waals surface area contributed by atoms with Crippen molar-refractivity contribution in [1.29, 1.82) is 5.26 Å². The van der Waals surface area contributed by atoms with E-state index in [1.54, 1.807) is 44.8 Å². The van der Waals surface area contributed by atoms with Crippen molar-refractivity contribution in [3.63, 3.8) is 0 Å². The summed E-state index contributed by atoms with van der Waals surface area (Å²) in [6, 6.07) is 5.38. The molecule has 3 heterocycles. The molecule has 0 saturated carbocycles. The van der Waals surface area contributed by atoms with Gasteiger partial charge in [-0.3, -0.25) is 19.6 Å². The summed E-state index contributed by atoms with van der Waals surface area (Å²) in [4.78, 5) is 34.6. The Hall–Kier alpha value is -3.93. The van der Waals surface area contributed by atoms with Gasteiger partial charge < -0.3 is 20.9 Å². The Morgan fingerprint density at radius 3 is 2.61 bits per heavy atom. The van der Waals surface area contributed by atoms with E-state index in [4.69, 9.17) is 0 Å². The van der Waals surface area contributed by atoms with Crippen LogP contribution >= 0.6 is 0 Å². The van der Waals surface area contributed by atoms with Crippen LogP contribution in [0.2, 0.25) is 0 Å². The average molecular weight is 419 g/mol. The lowest BCUT2D eigenvalue weighted by Gasteiger charge is -2.26. The number of carbonyl (C=O) groups is 2. The lowest BCUT2D eigenvalue weighted by atomic mass is 9.86. The van der Waals surface area contributed by atoms with Gasteiger partial charge in [0.25, 0.3) is 5.91 Å². The van der Waals surface area contributed by atoms with E-state index in [1.165, 1.54) is 11.0 Å². The summed E-state index contributed by atoms with van der Waals surface area (Å²) in [6.45, 7) is 5.63. The Labute approximate surface area is 181 Å². The molecule has 1 amide bonds. The number of aliphatic imine (C=N–C) groups is 1. The molecule has 3 rings (SSSR count). The van der Waals surface area contributed by atoms with Gasteiger partial charge in [0.05, 0.1) is 28.8 Å². The number of hydrogen-bond donors (Lipinski definition) is 3. The Bertz CT molecular complexity index is 1060. The third-order valence-corrected chi connectivity index (χ3v) is 4.61. The summed E-state index contributed by atoms with van der Waals surface area (Å²) in [7, 11) is 3.17. The van der Waals surface area contributed by atoms with Crippen LogP contribution < -0.4 is 16.0 Å². The predicted molar refractivity (Wildman–Crippen MR) is 118 cm³/mol. The molecule has 0 bridgehead atoms. The number of hydrogen-bond acceptors (Lipinski definition) is 8. The molecule has 160 valence electrons. The zero-order valence-corrected chi connectivity index (χ0v) is 18.1. The van der Waals surface area contributed by atoms with Crippen LogP contribution in [0.25, 0.3) is 6.08 Å². The second kappa shape index (κ2) is 8.44. The lowest BCUT2D eigenvalue weighted by molar-refractivity contribution is -0.124. The highest BCUT2D eigenvalue weighted by Gasteiger charge is 2.33. The largest absolute Gasteiger partial charge is 0.362 e. The van der Waals surface area contributed by atoms with Crippen molar-refractivity contribution >= 4 is 29.7 Å². The van der Waals surface area contributed by atoms with E-state index in [9.17, 15) is 14.9 Å². The number of nitrogens with zero attached hydrogens (tertiary/aromatic N) is 4. The number of Topliss-reactive ketones (excluding diaryl/α,β-unsaturated/α-hetero) is 1. The molecule has 0 aliphatic carbocycles. The molecule has 2 aliphatic heterocycles. The van der Waals surface area contributed by atoms with E-state index in [2.05, 4.69) is 25.9 Å². The van der Waals surface area contributed by atoms with E-state index in [-0.39, 0.29) is 23.4 Å². The first-order chi connectivity index (χ1) is 14.6. The maximum absolute atomic E-state index is 12.7. The van der Waals surface area contributed by atoms with Crippen LogP contribution in [-0.2, 0) is 9.59 Å². The number of carbonyl (C=O) groups excluding carboxylic acids is 2. The molecule has 1 atom stereocenters. The molecule has 1 unspecified atom stereocenters. The van der Waals surface area contributed by atoms with Crippen molar-refractivity contribution in [2.75, 3.05) is 19.4 Å². The summed E-state index contributed by atoms with van der Waals surface area (Å²) >= 11 is 0. The highest BCUT2D eigenvalue weighted by molar-refractivity contribution is 6.17. The number of nitriles is 1. The molecule has 0 saturated heterocycles. The molecule has 9 nitrogen and oxygen atoms in total. The van der Waals surface area contributed by atoms with Crippen LogP contribution in [0.3, 0.4) is 0 Å². The first-order valence-electron chi connectivity index (χ1n) is 9.72. The Kier molecular flexibility index (Phi) is 5.92. The average Bonchev–Trinajstić information content (AvgIpc) is 3.14. The maximum Gasteiger partial charge on any atom is 0.264 e. The zero-order chi connectivity index (χ0) is 22.8. The molecule has 0 aromatic carbocycles. The highest BCUT2D eigenvalue weighted by Crippen LogP contribution is 2.26. The van der Waals surface area contributed by atoms with Crippen LogP contribution in [0.4, 0.5) is 5.69 Å². The summed E-state index contributed by atoms with van der Waals surface area (Å²) in [5.41, 5.74) is 1.95. The van der Waals surface area contributed by atoms with Crippen molar-refractivity contribution in [3.8, 4) is 6.07 Å². The van der Waals surface area contributed by atoms with Crippen molar-refractivity contribution in [3.05, 3.63) is 52.9 Å². The summed E-state index contributed by atoms with van der Waals surface area (Å²) in [5, 5.41) is 18.8. The molecule has 0 fully saturated rings. The van der Waals surface area contributed by atoms with Gasteiger partial charge in [0, 0.05) is 31.9 Å². The van der Waals surface area contributed by atoms with Crippen LogP contribution in [0.1, 0.15) is 26.5 Å². The second-order valence-electron chi connectivity index (χ2n) is 8.40. The molecular formula is C22H25N7O2. The number of pyridine rings is 1. The number of allylic oxidation sites excluding steroid dienone is 1. The number of anilines is 1. The minimum atomic E-state index is -0.511. The minimum absolute atomic E-state index is 0.00863. The summed E-state index contributed by atoms with van der Waals surface area (Å²) in [6.07, 6.45) is 6.08. The molecule has 0 radical (unpaired) electrons. The molecule has 9 heteroatoms. The topological polar surface area (TPSA) is 123 Å². The molecule has 3 N–H and O–H groups in total. The number of ketones is 1. The van der Waals surface area contributed by atoms with Gasteiger partial charge in [0.2, 0.25) is 0 Å². The fourth-order valence-electron chi connectivity index (χ4n) is 2.95. The van der Waals surface area contributed by atoms with Gasteiger partial charge in [-0.1, -0.05) is 20.8 Å². The normalized spacial score (nSPS) is 17.7.